The van der Waals surface area contributed by atoms with E-state index in [1.54, 1.807) is 35.9 Å². The summed E-state index contributed by atoms with van der Waals surface area (Å²) < 4.78 is 1.79. The standard InChI is InChI=1S/C16H18N2O3/c1-3-4-5-15-17-9-13(10-19)18(15)12-6-7-14(16(20)21)11(2)8-12/h6-10H,3-5H2,1-2H3,(H,20,21). The number of benzene rings is 1. The molecule has 1 aromatic heterocycles. The van der Waals surface area contributed by atoms with E-state index in [4.69, 9.17) is 5.11 Å². The van der Waals surface area contributed by atoms with Crippen LogP contribution in [0.4, 0.5) is 0 Å². The first-order chi connectivity index (χ1) is 10.1. The van der Waals surface area contributed by atoms with Crippen molar-refractivity contribution in [3.8, 4) is 5.69 Å². The third-order valence-electron chi connectivity index (χ3n) is 3.44. The molecular weight excluding hydrogens is 268 g/mol. The molecule has 5 heteroatoms. The Bertz CT molecular complexity index is 674. The first-order valence-electron chi connectivity index (χ1n) is 6.94. The van der Waals surface area contributed by atoms with Gasteiger partial charge in [0.15, 0.2) is 6.29 Å². The number of imidazole rings is 1. The topological polar surface area (TPSA) is 72.2 Å². The number of hydrogen-bond acceptors (Lipinski definition) is 3. The van der Waals surface area contributed by atoms with Crippen LogP contribution in [0.25, 0.3) is 5.69 Å². The van der Waals surface area contributed by atoms with Crippen molar-refractivity contribution < 1.29 is 14.7 Å². The Kier molecular flexibility index (Phi) is 4.52. The number of carboxylic acid groups (broad SMARTS) is 1. The summed E-state index contributed by atoms with van der Waals surface area (Å²) in [5.74, 6) is -0.132. The second-order valence-corrected chi connectivity index (χ2v) is 4.96. The monoisotopic (exact) mass is 286 g/mol. The molecule has 1 N–H and O–H groups in total. The van der Waals surface area contributed by atoms with Crippen molar-refractivity contribution in [2.24, 2.45) is 0 Å². The first-order valence-corrected chi connectivity index (χ1v) is 6.94. The van der Waals surface area contributed by atoms with Gasteiger partial charge >= 0.3 is 5.97 Å². The Balaban J connectivity index is 2.49. The van der Waals surface area contributed by atoms with E-state index in [1.807, 2.05) is 0 Å². The van der Waals surface area contributed by atoms with E-state index >= 15 is 0 Å². The minimum Gasteiger partial charge on any atom is -0.478 e. The Labute approximate surface area is 123 Å². The molecule has 110 valence electrons. The molecule has 0 fully saturated rings. The van der Waals surface area contributed by atoms with E-state index in [0.29, 0.717) is 11.3 Å². The van der Waals surface area contributed by atoms with Crippen LogP contribution in [-0.4, -0.2) is 26.9 Å². The molecule has 0 amide bonds. The molecule has 0 spiro atoms. The molecule has 2 aromatic rings. The van der Waals surface area contributed by atoms with Crippen LogP contribution >= 0.6 is 0 Å². The van der Waals surface area contributed by atoms with Crippen molar-refractivity contribution in [1.82, 2.24) is 9.55 Å². The van der Waals surface area contributed by atoms with Gasteiger partial charge in [-0.15, -0.1) is 0 Å². The van der Waals surface area contributed by atoms with Crippen molar-refractivity contribution in [3.63, 3.8) is 0 Å². The number of nitrogens with zero attached hydrogens (tertiary/aromatic N) is 2. The average molecular weight is 286 g/mol. The van der Waals surface area contributed by atoms with Crippen molar-refractivity contribution in [1.29, 1.82) is 0 Å². The molecule has 0 saturated carbocycles. The summed E-state index contributed by atoms with van der Waals surface area (Å²) in [6.07, 6.45) is 5.13. The molecule has 0 aliphatic rings. The molecule has 0 bridgehead atoms. The third kappa shape index (κ3) is 3.02. The number of aromatic nitrogens is 2. The number of carboxylic acids is 1. The summed E-state index contributed by atoms with van der Waals surface area (Å²) in [5, 5.41) is 9.08. The zero-order chi connectivity index (χ0) is 15.4. The maximum Gasteiger partial charge on any atom is 0.335 e. The van der Waals surface area contributed by atoms with Crippen molar-refractivity contribution in [2.75, 3.05) is 0 Å². The maximum atomic E-state index is 11.2. The van der Waals surface area contributed by atoms with Gasteiger partial charge < -0.3 is 5.11 Å². The smallest absolute Gasteiger partial charge is 0.335 e. The van der Waals surface area contributed by atoms with Gasteiger partial charge in [-0.25, -0.2) is 9.78 Å². The number of aromatic carboxylic acids is 1. The molecule has 0 radical (unpaired) electrons. The number of carbonyl (C=O) groups excluding carboxylic acids is 1. The zero-order valence-corrected chi connectivity index (χ0v) is 12.2. The fraction of sp³-hybridized carbons (Fsp3) is 0.312. The minimum absolute atomic E-state index is 0.265. The molecular formula is C16H18N2O3. The molecule has 1 heterocycles. The van der Waals surface area contributed by atoms with E-state index in [1.165, 1.54) is 0 Å². The SMILES string of the molecule is CCCCc1ncc(C=O)n1-c1ccc(C(=O)O)c(C)c1. The van der Waals surface area contributed by atoms with Gasteiger partial charge in [-0.1, -0.05) is 13.3 Å². The molecule has 21 heavy (non-hydrogen) atoms. The van der Waals surface area contributed by atoms with Gasteiger partial charge in [0.25, 0.3) is 0 Å². The second kappa shape index (κ2) is 6.35. The van der Waals surface area contributed by atoms with Gasteiger partial charge in [0, 0.05) is 12.1 Å². The van der Waals surface area contributed by atoms with Gasteiger partial charge in [-0.05, 0) is 37.1 Å². The summed E-state index contributed by atoms with van der Waals surface area (Å²) in [6.45, 7) is 3.84. The highest BCUT2D eigenvalue weighted by molar-refractivity contribution is 5.89. The molecule has 2 rings (SSSR count). The Morgan fingerprint density at radius 3 is 2.76 bits per heavy atom. The van der Waals surface area contributed by atoms with E-state index in [0.717, 1.165) is 37.1 Å². The molecule has 0 saturated heterocycles. The van der Waals surface area contributed by atoms with Crippen LogP contribution in [0.1, 0.15) is 52.0 Å². The highest BCUT2D eigenvalue weighted by Crippen LogP contribution is 2.19. The highest BCUT2D eigenvalue weighted by Gasteiger charge is 2.13. The van der Waals surface area contributed by atoms with Crippen molar-refractivity contribution >= 4 is 12.3 Å². The van der Waals surface area contributed by atoms with Gasteiger partial charge in [0.1, 0.15) is 11.5 Å². The summed E-state index contributed by atoms with van der Waals surface area (Å²) in [4.78, 5) is 26.6. The van der Waals surface area contributed by atoms with Gasteiger partial charge in [0.2, 0.25) is 0 Å². The van der Waals surface area contributed by atoms with Crippen LogP contribution in [0.3, 0.4) is 0 Å². The van der Waals surface area contributed by atoms with E-state index < -0.39 is 5.97 Å². The predicted molar refractivity (Wildman–Crippen MR) is 79.3 cm³/mol. The number of aryl methyl sites for hydroxylation is 2. The number of carbonyl (C=O) groups is 2. The van der Waals surface area contributed by atoms with Crippen LogP contribution in [0.2, 0.25) is 0 Å². The van der Waals surface area contributed by atoms with Crippen LogP contribution in [0, 0.1) is 6.92 Å². The number of unbranched alkanes of at least 4 members (excludes halogenated alkanes) is 1. The normalized spacial score (nSPS) is 10.6. The van der Waals surface area contributed by atoms with Gasteiger partial charge in [0.05, 0.1) is 11.8 Å². The summed E-state index contributed by atoms with van der Waals surface area (Å²) >= 11 is 0. The van der Waals surface area contributed by atoms with Crippen LogP contribution < -0.4 is 0 Å². The Morgan fingerprint density at radius 2 is 2.19 bits per heavy atom. The predicted octanol–water partition coefficient (Wildman–Crippen LogP) is 3.03. The Hall–Kier alpha value is -2.43. The van der Waals surface area contributed by atoms with E-state index in [9.17, 15) is 9.59 Å². The number of aldehydes is 1. The molecule has 0 unspecified atom stereocenters. The summed E-state index contributed by atoms with van der Waals surface area (Å²) in [6, 6.07) is 5.04. The maximum absolute atomic E-state index is 11.2. The van der Waals surface area contributed by atoms with Crippen LogP contribution in [0.15, 0.2) is 24.4 Å². The molecule has 0 aliphatic carbocycles. The molecule has 0 aliphatic heterocycles. The largest absolute Gasteiger partial charge is 0.478 e. The van der Waals surface area contributed by atoms with E-state index in [-0.39, 0.29) is 5.56 Å². The van der Waals surface area contributed by atoms with Crippen LogP contribution in [-0.2, 0) is 6.42 Å². The van der Waals surface area contributed by atoms with Gasteiger partial charge in [-0.2, -0.15) is 0 Å². The molecule has 1 aromatic carbocycles. The lowest BCUT2D eigenvalue weighted by Crippen LogP contribution is -2.07. The fourth-order valence-electron chi connectivity index (χ4n) is 2.32. The van der Waals surface area contributed by atoms with Gasteiger partial charge in [-0.3, -0.25) is 9.36 Å². The summed E-state index contributed by atoms with van der Waals surface area (Å²) in [5.41, 5.74) is 2.17. The fourth-order valence-corrected chi connectivity index (χ4v) is 2.32. The molecule has 5 nitrogen and oxygen atoms in total. The zero-order valence-electron chi connectivity index (χ0n) is 12.2. The van der Waals surface area contributed by atoms with Crippen molar-refractivity contribution in [2.45, 2.75) is 33.1 Å². The quantitative estimate of drug-likeness (QED) is 0.828. The minimum atomic E-state index is -0.952. The highest BCUT2D eigenvalue weighted by atomic mass is 16.4. The van der Waals surface area contributed by atoms with E-state index in [2.05, 4.69) is 11.9 Å². The Morgan fingerprint density at radius 1 is 1.43 bits per heavy atom. The van der Waals surface area contributed by atoms with Crippen LogP contribution in [0.5, 0.6) is 0 Å². The second-order valence-electron chi connectivity index (χ2n) is 4.96. The number of hydrogen-bond donors (Lipinski definition) is 1. The average Bonchev–Trinajstić information content (AvgIpc) is 2.87. The van der Waals surface area contributed by atoms with Crippen molar-refractivity contribution in [3.05, 3.63) is 47.0 Å². The lowest BCUT2D eigenvalue weighted by atomic mass is 10.1. The lowest BCUT2D eigenvalue weighted by Gasteiger charge is -2.11. The third-order valence-corrected chi connectivity index (χ3v) is 3.44. The summed E-state index contributed by atoms with van der Waals surface area (Å²) in [7, 11) is 0. The first kappa shape index (κ1) is 15.0. The number of rotatable bonds is 6. The lowest BCUT2D eigenvalue weighted by molar-refractivity contribution is 0.0696. The molecule has 0 atom stereocenters.